The minimum Gasteiger partial charge on any atom is -0.466 e. The maximum absolute atomic E-state index is 5.66. The van der Waals surface area contributed by atoms with E-state index in [1.54, 1.807) is 0 Å². The molecule has 3 heteroatoms. The Morgan fingerprint density at radius 3 is 2.93 bits per heavy atom. The Bertz CT molecular complexity index is 379. The Morgan fingerprint density at radius 2 is 2.21 bits per heavy atom. The number of fused-ring (bicyclic) bond motifs is 1. The molecule has 0 radical (unpaired) electrons. The van der Waals surface area contributed by atoms with Crippen molar-refractivity contribution in [3.05, 3.63) is 23.2 Å². The SMILES string of the molecule is Cc1cc2c(o1)CC(C)(C)CNC2=S. The predicted octanol–water partition coefficient (Wildman–Crippen LogP) is 2.44. The summed E-state index contributed by atoms with van der Waals surface area (Å²) in [5.74, 6) is 1.97. The maximum Gasteiger partial charge on any atom is 0.114 e. The quantitative estimate of drug-likeness (QED) is 0.664. The minimum absolute atomic E-state index is 0.208. The van der Waals surface area contributed by atoms with Gasteiger partial charge in [-0.05, 0) is 18.4 Å². The third-order valence-electron chi connectivity index (χ3n) is 2.54. The standard InChI is InChI=1S/C11H15NOS/c1-7-4-8-9(13-7)5-11(2,3)6-12-10(8)14/h4H,5-6H2,1-3H3,(H,12,14). The number of rotatable bonds is 0. The second-order valence-corrected chi connectivity index (χ2v) is 5.13. The molecule has 0 bridgehead atoms. The zero-order valence-corrected chi connectivity index (χ0v) is 9.62. The van der Waals surface area contributed by atoms with Crippen molar-refractivity contribution in [2.24, 2.45) is 5.41 Å². The Morgan fingerprint density at radius 1 is 1.50 bits per heavy atom. The molecule has 2 rings (SSSR count). The lowest BCUT2D eigenvalue weighted by Crippen LogP contribution is -2.31. The van der Waals surface area contributed by atoms with Crippen LogP contribution in [0.4, 0.5) is 0 Å². The van der Waals surface area contributed by atoms with Gasteiger partial charge in [-0.1, -0.05) is 26.1 Å². The summed E-state index contributed by atoms with van der Waals surface area (Å²) >= 11 is 5.29. The maximum atomic E-state index is 5.66. The van der Waals surface area contributed by atoms with Gasteiger partial charge in [-0.2, -0.15) is 0 Å². The summed E-state index contributed by atoms with van der Waals surface area (Å²) < 4.78 is 5.66. The number of hydrogen-bond donors (Lipinski definition) is 1. The Labute approximate surface area is 89.7 Å². The molecule has 0 aromatic carbocycles. The molecule has 0 saturated heterocycles. The largest absolute Gasteiger partial charge is 0.466 e. The van der Waals surface area contributed by atoms with E-state index in [1.165, 1.54) is 0 Å². The van der Waals surface area contributed by atoms with E-state index < -0.39 is 0 Å². The van der Waals surface area contributed by atoms with Gasteiger partial charge in [0.05, 0.1) is 5.56 Å². The van der Waals surface area contributed by atoms with Crippen LogP contribution in [0.1, 0.15) is 30.9 Å². The summed E-state index contributed by atoms with van der Waals surface area (Å²) in [7, 11) is 0. The summed E-state index contributed by atoms with van der Waals surface area (Å²) in [5.41, 5.74) is 1.28. The lowest BCUT2D eigenvalue weighted by molar-refractivity contribution is 0.329. The van der Waals surface area contributed by atoms with Gasteiger partial charge in [0.15, 0.2) is 0 Å². The zero-order valence-electron chi connectivity index (χ0n) is 8.81. The summed E-state index contributed by atoms with van der Waals surface area (Å²) in [6, 6.07) is 2.02. The molecule has 0 amide bonds. The topological polar surface area (TPSA) is 25.2 Å². The van der Waals surface area contributed by atoms with Crippen molar-refractivity contribution in [2.75, 3.05) is 6.54 Å². The van der Waals surface area contributed by atoms with Gasteiger partial charge in [-0.25, -0.2) is 0 Å². The summed E-state index contributed by atoms with van der Waals surface area (Å²) in [6.07, 6.45) is 0.948. The third-order valence-corrected chi connectivity index (χ3v) is 2.91. The molecule has 14 heavy (non-hydrogen) atoms. The molecular weight excluding hydrogens is 194 g/mol. The van der Waals surface area contributed by atoms with Crippen molar-refractivity contribution in [3.8, 4) is 0 Å². The number of nitrogens with one attached hydrogen (secondary N) is 1. The van der Waals surface area contributed by atoms with Crippen LogP contribution < -0.4 is 5.32 Å². The van der Waals surface area contributed by atoms with E-state index in [1.807, 2.05) is 13.0 Å². The van der Waals surface area contributed by atoms with Crippen LogP contribution in [0.15, 0.2) is 10.5 Å². The molecule has 76 valence electrons. The molecule has 1 aliphatic rings. The minimum atomic E-state index is 0.208. The van der Waals surface area contributed by atoms with E-state index in [-0.39, 0.29) is 5.41 Å². The van der Waals surface area contributed by atoms with Crippen LogP contribution in [0.25, 0.3) is 0 Å². The molecule has 0 unspecified atom stereocenters. The number of aryl methyl sites for hydroxylation is 1. The van der Waals surface area contributed by atoms with E-state index in [0.717, 1.165) is 35.0 Å². The summed E-state index contributed by atoms with van der Waals surface area (Å²) in [6.45, 7) is 7.31. The van der Waals surface area contributed by atoms with E-state index >= 15 is 0 Å². The first kappa shape index (κ1) is 9.71. The van der Waals surface area contributed by atoms with Gasteiger partial charge in [0.1, 0.15) is 16.5 Å². The first-order chi connectivity index (χ1) is 6.48. The highest BCUT2D eigenvalue weighted by molar-refractivity contribution is 7.80. The fourth-order valence-corrected chi connectivity index (χ4v) is 2.04. The molecule has 0 atom stereocenters. The zero-order chi connectivity index (χ0) is 10.3. The lowest BCUT2D eigenvalue weighted by Gasteiger charge is -2.21. The van der Waals surface area contributed by atoms with Crippen LogP contribution in [0.2, 0.25) is 0 Å². The second-order valence-electron chi connectivity index (χ2n) is 4.72. The summed E-state index contributed by atoms with van der Waals surface area (Å²) in [4.78, 5) is 0.822. The normalized spacial score (nSPS) is 19.8. The van der Waals surface area contributed by atoms with Crippen LogP contribution in [0.3, 0.4) is 0 Å². The van der Waals surface area contributed by atoms with Crippen molar-refractivity contribution >= 4 is 17.2 Å². The smallest absolute Gasteiger partial charge is 0.114 e. The highest BCUT2D eigenvalue weighted by atomic mass is 32.1. The molecular formula is C11H15NOS. The Kier molecular flexibility index (Phi) is 2.14. The molecule has 1 aliphatic heterocycles. The second kappa shape index (κ2) is 3.09. The molecule has 2 heterocycles. The lowest BCUT2D eigenvalue weighted by atomic mass is 9.88. The highest BCUT2D eigenvalue weighted by Crippen LogP contribution is 2.28. The molecule has 0 spiro atoms. The van der Waals surface area contributed by atoms with E-state index in [0.29, 0.717) is 0 Å². The first-order valence-corrected chi connectivity index (χ1v) is 5.26. The van der Waals surface area contributed by atoms with Crippen LogP contribution in [0, 0.1) is 12.3 Å². The molecule has 1 N–H and O–H groups in total. The van der Waals surface area contributed by atoms with Crippen LogP contribution in [0.5, 0.6) is 0 Å². The molecule has 1 aromatic heterocycles. The van der Waals surface area contributed by atoms with Gasteiger partial charge in [-0.15, -0.1) is 0 Å². The van der Waals surface area contributed by atoms with Crippen molar-refractivity contribution in [2.45, 2.75) is 27.2 Å². The van der Waals surface area contributed by atoms with Crippen LogP contribution >= 0.6 is 12.2 Å². The molecule has 0 saturated carbocycles. The van der Waals surface area contributed by atoms with Gasteiger partial charge >= 0.3 is 0 Å². The monoisotopic (exact) mass is 209 g/mol. The fraction of sp³-hybridized carbons (Fsp3) is 0.545. The van der Waals surface area contributed by atoms with Crippen LogP contribution in [-0.2, 0) is 6.42 Å². The summed E-state index contributed by atoms with van der Waals surface area (Å²) in [5, 5.41) is 3.28. The molecule has 1 aromatic rings. The fourth-order valence-electron chi connectivity index (χ4n) is 1.80. The predicted molar refractivity (Wildman–Crippen MR) is 60.6 cm³/mol. The first-order valence-electron chi connectivity index (χ1n) is 4.85. The average Bonchev–Trinajstić information content (AvgIpc) is 2.37. The van der Waals surface area contributed by atoms with E-state index in [2.05, 4.69) is 19.2 Å². The Balaban J connectivity index is 2.45. The van der Waals surface area contributed by atoms with Crippen molar-refractivity contribution < 1.29 is 4.42 Å². The van der Waals surface area contributed by atoms with Crippen LogP contribution in [-0.4, -0.2) is 11.5 Å². The number of hydrogen-bond acceptors (Lipinski definition) is 2. The van der Waals surface area contributed by atoms with Gasteiger partial charge in [-0.3, -0.25) is 0 Å². The molecule has 2 nitrogen and oxygen atoms in total. The van der Waals surface area contributed by atoms with Gasteiger partial charge in [0.25, 0.3) is 0 Å². The highest BCUT2D eigenvalue weighted by Gasteiger charge is 2.27. The van der Waals surface area contributed by atoms with E-state index in [4.69, 9.17) is 16.6 Å². The number of furan rings is 1. The van der Waals surface area contributed by atoms with Gasteiger partial charge in [0, 0.05) is 13.0 Å². The van der Waals surface area contributed by atoms with Crippen molar-refractivity contribution in [1.29, 1.82) is 0 Å². The third kappa shape index (κ3) is 1.69. The van der Waals surface area contributed by atoms with Gasteiger partial charge in [0.2, 0.25) is 0 Å². The average molecular weight is 209 g/mol. The molecule has 0 aliphatic carbocycles. The van der Waals surface area contributed by atoms with Crippen molar-refractivity contribution in [3.63, 3.8) is 0 Å². The Hall–Kier alpha value is -0.830. The molecule has 0 fully saturated rings. The number of thiocarbonyl (C=S) groups is 1. The van der Waals surface area contributed by atoms with Gasteiger partial charge < -0.3 is 9.73 Å². The van der Waals surface area contributed by atoms with Crippen molar-refractivity contribution in [1.82, 2.24) is 5.32 Å². The van der Waals surface area contributed by atoms with E-state index in [9.17, 15) is 0 Å².